The standard InChI is InChI=1S/C31H34N2O3/c1-5-9-23(6-2)24-14-12-22(13-15-24)21-32-28-11-8-7-10-27(28)30(3,4)31(32)19-18-25-20-26(33(34)35)16-17-29(25)36-31/h7-8,10-20,23H,5-6,9,21H2,1-4H3. The van der Waals surface area contributed by atoms with E-state index in [1.54, 1.807) is 12.1 Å². The fourth-order valence-corrected chi connectivity index (χ4v) is 5.94. The molecule has 5 heteroatoms. The van der Waals surface area contributed by atoms with E-state index in [9.17, 15) is 10.1 Å². The molecule has 3 aromatic carbocycles. The lowest BCUT2D eigenvalue weighted by atomic mass is 9.76. The van der Waals surface area contributed by atoms with Crippen molar-refractivity contribution in [3.8, 4) is 5.75 Å². The summed E-state index contributed by atoms with van der Waals surface area (Å²) in [4.78, 5) is 13.3. The van der Waals surface area contributed by atoms with E-state index in [4.69, 9.17) is 4.74 Å². The van der Waals surface area contributed by atoms with E-state index in [0.717, 1.165) is 17.7 Å². The summed E-state index contributed by atoms with van der Waals surface area (Å²) in [7, 11) is 0. The van der Waals surface area contributed by atoms with Gasteiger partial charge in [0, 0.05) is 29.9 Å². The highest BCUT2D eigenvalue weighted by atomic mass is 16.6. The third-order valence-corrected chi connectivity index (χ3v) is 8.04. The Morgan fingerprint density at radius 3 is 2.47 bits per heavy atom. The molecule has 2 aliphatic heterocycles. The second-order valence-corrected chi connectivity index (χ2v) is 10.5. The van der Waals surface area contributed by atoms with Gasteiger partial charge in [-0.2, -0.15) is 0 Å². The van der Waals surface area contributed by atoms with Crippen molar-refractivity contribution in [1.82, 2.24) is 0 Å². The molecular weight excluding hydrogens is 448 g/mol. The molecule has 0 fully saturated rings. The molecule has 0 aliphatic carbocycles. The Morgan fingerprint density at radius 2 is 1.78 bits per heavy atom. The van der Waals surface area contributed by atoms with Gasteiger partial charge in [-0.15, -0.1) is 0 Å². The predicted molar refractivity (Wildman–Crippen MR) is 146 cm³/mol. The van der Waals surface area contributed by atoms with Gasteiger partial charge in [0.05, 0.1) is 10.3 Å². The molecule has 2 unspecified atom stereocenters. The van der Waals surface area contributed by atoms with Crippen LogP contribution in [-0.2, 0) is 12.0 Å². The number of rotatable bonds is 7. The Kier molecular flexibility index (Phi) is 6.11. The number of nitro groups is 1. The van der Waals surface area contributed by atoms with Crippen LogP contribution in [0.4, 0.5) is 11.4 Å². The van der Waals surface area contributed by atoms with Crippen LogP contribution >= 0.6 is 0 Å². The lowest BCUT2D eigenvalue weighted by molar-refractivity contribution is -0.384. The summed E-state index contributed by atoms with van der Waals surface area (Å²) >= 11 is 0. The van der Waals surface area contributed by atoms with Crippen molar-refractivity contribution in [3.63, 3.8) is 0 Å². The molecule has 2 atom stereocenters. The maximum Gasteiger partial charge on any atom is 0.270 e. The van der Waals surface area contributed by atoms with Gasteiger partial charge in [0.15, 0.2) is 0 Å². The van der Waals surface area contributed by atoms with E-state index in [2.05, 4.69) is 87.2 Å². The summed E-state index contributed by atoms with van der Waals surface area (Å²) in [5.74, 6) is 1.27. The predicted octanol–water partition coefficient (Wildman–Crippen LogP) is 7.99. The third kappa shape index (κ3) is 3.78. The molecule has 3 aromatic rings. The molecule has 5 rings (SSSR count). The van der Waals surface area contributed by atoms with E-state index in [-0.39, 0.29) is 16.0 Å². The molecule has 0 aromatic heterocycles. The Morgan fingerprint density at radius 1 is 1.03 bits per heavy atom. The van der Waals surface area contributed by atoms with E-state index >= 15 is 0 Å². The first kappa shape index (κ1) is 24.1. The van der Waals surface area contributed by atoms with Crippen LogP contribution < -0.4 is 9.64 Å². The van der Waals surface area contributed by atoms with Crippen LogP contribution in [0.25, 0.3) is 6.08 Å². The minimum atomic E-state index is -0.757. The number of anilines is 1. The fourth-order valence-electron chi connectivity index (χ4n) is 5.94. The number of benzene rings is 3. The highest BCUT2D eigenvalue weighted by Gasteiger charge is 2.58. The summed E-state index contributed by atoms with van der Waals surface area (Å²) in [6.45, 7) is 9.63. The molecule has 0 radical (unpaired) electrons. The van der Waals surface area contributed by atoms with Crippen LogP contribution in [0.5, 0.6) is 5.75 Å². The zero-order chi connectivity index (χ0) is 25.5. The normalized spacial score (nSPS) is 20.1. The summed E-state index contributed by atoms with van der Waals surface area (Å²) in [5, 5.41) is 11.3. The molecular formula is C31H34N2O3. The maximum absolute atomic E-state index is 11.3. The van der Waals surface area contributed by atoms with Crippen molar-refractivity contribution in [2.24, 2.45) is 0 Å². The Hall–Kier alpha value is -3.60. The number of para-hydroxylation sites is 1. The minimum absolute atomic E-state index is 0.0670. The largest absolute Gasteiger partial charge is 0.463 e. The number of ether oxygens (including phenoxy) is 1. The van der Waals surface area contributed by atoms with Crippen LogP contribution in [0.3, 0.4) is 0 Å². The van der Waals surface area contributed by atoms with Gasteiger partial charge in [0.2, 0.25) is 5.72 Å². The fraction of sp³-hybridized carbons (Fsp3) is 0.355. The number of nitro benzene ring substituents is 1. The molecule has 1 spiro atoms. The molecule has 0 saturated carbocycles. The van der Waals surface area contributed by atoms with Gasteiger partial charge >= 0.3 is 0 Å². The van der Waals surface area contributed by atoms with Crippen LogP contribution in [0.1, 0.15) is 75.1 Å². The van der Waals surface area contributed by atoms with E-state index in [0.29, 0.717) is 18.2 Å². The van der Waals surface area contributed by atoms with Gasteiger partial charge in [0.25, 0.3) is 5.69 Å². The smallest absolute Gasteiger partial charge is 0.270 e. The first-order valence-corrected chi connectivity index (χ1v) is 12.9. The number of hydrogen-bond acceptors (Lipinski definition) is 4. The van der Waals surface area contributed by atoms with Gasteiger partial charge in [-0.1, -0.05) is 62.7 Å². The molecule has 0 amide bonds. The summed E-state index contributed by atoms with van der Waals surface area (Å²) in [5.41, 5.74) is 4.70. The van der Waals surface area contributed by atoms with Crippen molar-refractivity contribution in [2.45, 2.75) is 70.6 Å². The molecule has 36 heavy (non-hydrogen) atoms. The van der Waals surface area contributed by atoms with Gasteiger partial charge in [-0.25, -0.2) is 0 Å². The number of non-ortho nitro benzene ring substituents is 1. The van der Waals surface area contributed by atoms with Crippen molar-refractivity contribution in [3.05, 3.63) is 105 Å². The molecule has 0 N–H and O–H groups in total. The Labute approximate surface area is 213 Å². The topological polar surface area (TPSA) is 55.6 Å². The second-order valence-electron chi connectivity index (χ2n) is 10.5. The van der Waals surface area contributed by atoms with Crippen molar-refractivity contribution < 1.29 is 9.66 Å². The lowest BCUT2D eigenvalue weighted by Gasteiger charge is -2.47. The van der Waals surface area contributed by atoms with Gasteiger partial charge in [-0.05, 0) is 73.6 Å². The molecule has 186 valence electrons. The van der Waals surface area contributed by atoms with Gasteiger partial charge in [-0.3, -0.25) is 10.1 Å². The average molecular weight is 483 g/mol. The van der Waals surface area contributed by atoms with Crippen LogP contribution in [-0.4, -0.2) is 10.6 Å². The van der Waals surface area contributed by atoms with Crippen molar-refractivity contribution in [2.75, 3.05) is 4.90 Å². The second kappa shape index (κ2) is 9.12. The third-order valence-electron chi connectivity index (χ3n) is 8.04. The maximum atomic E-state index is 11.3. The zero-order valence-corrected chi connectivity index (χ0v) is 21.5. The van der Waals surface area contributed by atoms with E-state index in [1.807, 2.05) is 6.08 Å². The average Bonchev–Trinajstić information content (AvgIpc) is 3.06. The first-order chi connectivity index (χ1) is 17.3. The summed E-state index contributed by atoms with van der Waals surface area (Å²) in [6, 6.07) is 22.4. The minimum Gasteiger partial charge on any atom is -0.463 e. The molecule has 5 nitrogen and oxygen atoms in total. The van der Waals surface area contributed by atoms with E-state index in [1.165, 1.54) is 35.6 Å². The summed E-state index contributed by atoms with van der Waals surface area (Å²) in [6.07, 6.45) is 7.62. The monoisotopic (exact) mass is 482 g/mol. The summed E-state index contributed by atoms with van der Waals surface area (Å²) < 4.78 is 6.83. The Bertz CT molecular complexity index is 1310. The highest BCUT2D eigenvalue weighted by molar-refractivity contribution is 5.73. The van der Waals surface area contributed by atoms with Crippen LogP contribution in [0.15, 0.2) is 72.8 Å². The Balaban J connectivity index is 1.54. The van der Waals surface area contributed by atoms with Crippen LogP contribution in [0, 0.1) is 10.1 Å². The first-order valence-electron chi connectivity index (χ1n) is 12.9. The van der Waals surface area contributed by atoms with Gasteiger partial charge < -0.3 is 9.64 Å². The van der Waals surface area contributed by atoms with Gasteiger partial charge in [0.1, 0.15) is 5.75 Å². The SMILES string of the molecule is CCCC(CC)c1ccc(CN2c3ccccc3C(C)(C)C23C=Cc2cc([N+](=O)[O-])ccc2O3)cc1. The number of nitrogens with zero attached hydrogens (tertiary/aromatic N) is 2. The van der Waals surface area contributed by atoms with Crippen LogP contribution in [0.2, 0.25) is 0 Å². The number of hydrogen-bond donors (Lipinski definition) is 0. The molecule has 0 bridgehead atoms. The molecule has 0 saturated heterocycles. The number of fused-ring (bicyclic) bond motifs is 2. The lowest BCUT2D eigenvalue weighted by Crippen LogP contribution is -2.59. The highest BCUT2D eigenvalue weighted by Crippen LogP contribution is 2.55. The quantitative estimate of drug-likeness (QED) is 0.253. The molecule has 2 aliphatic rings. The van der Waals surface area contributed by atoms with Crippen molar-refractivity contribution in [1.29, 1.82) is 0 Å². The zero-order valence-electron chi connectivity index (χ0n) is 21.5. The molecule has 2 heterocycles. The van der Waals surface area contributed by atoms with Crippen molar-refractivity contribution >= 4 is 17.5 Å². The van der Waals surface area contributed by atoms with E-state index < -0.39 is 5.72 Å².